The van der Waals surface area contributed by atoms with Gasteiger partial charge in [0.1, 0.15) is 12.5 Å². The van der Waals surface area contributed by atoms with Gasteiger partial charge in [0.15, 0.2) is 0 Å². The molecule has 0 saturated carbocycles. The van der Waals surface area contributed by atoms with Gasteiger partial charge < -0.3 is 10.5 Å². The van der Waals surface area contributed by atoms with Crippen LogP contribution in [0, 0.1) is 19.8 Å². The SMILES string of the molecule is Cc1cc(OCN2CC[C@@H]([C@]3(c4cnn(C)c4)C=C(C(N)=O)C=NC3)C2)cc(C)c1-c1ccccc1. The summed E-state index contributed by atoms with van der Waals surface area (Å²) in [5.74, 6) is 0.698. The summed E-state index contributed by atoms with van der Waals surface area (Å²) in [5.41, 5.74) is 11.6. The summed E-state index contributed by atoms with van der Waals surface area (Å²) in [4.78, 5) is 18.9. The molecule has 36 heavy (non-hydrogen) atoms. The number of amides is 1. The van der Waals surface area contributed by atoms with E-state index in [1.54, 1.807) is 10.9 Å². The van der Waals surface area contributed by atoms with E-state index in [0.29, 0.717) is 18.8 Å². The highest BCUT2D eigenvalue weighted by Crippen LogP contribution is 2.42. The van der Waals surface area contributed by atoms with Gasteiger partial charge in [-0.25, -0.2) is 0 Å². The number of rotatable bonds is 7. The van der Waals surface area contributed by atoms with E-state index in [1.165, 1.54) is 22.3 Å². The van der Waals surface area contributed by atoms with Crippen molar-refractivity contribution in [2.75, 3.05) is 26.4 Å². The zero-order valence-electron chi connectivity index (χ0n) is 21.1. The highest BCUT2D eigenvalue weighted by atomic mass is 16.5. The van der Waals surface area contributed by atoms with Crippen molar-refractivity contribution in [1.29, 1.82) is 0 Å². The van der Waals surface area contributed by atoms with Gasteiger partial charge in [0.25, 0.3) is 0 Å². The zero-order chi connectivity index (χ0) is 25.3. The molecule has 0 unspecified atom stereocenters. The monoisotopic (exact) mass is 483 g/mol. The predicted octanol–water partition coefficient (Wildman–Crippen LogP) is 3.80. The lowest BCUT2D eigenvalue weighted by Gasteiger charge is -2.37. The molecule has 3 heterocycles. The van der Waals surface area contributed by atoms with Crippen LogP contribution in [0.25, 0.3) is 11.1 Å². The summed E-state index contributed by atoms with van der Waals surface area (Å²) in [6.45, 7) is 7.12. The van der Waals surface area contributed by atoms with Gasteiger partial charge in [0.2, 0.25) is 5.91 Å². The second-order valence-electron chi connectivity index (χ2n) is 10.0. The van der Waals surface area contributed by atoms with Crippen LogP contribution in [0.15, 0.2) is 71.5 Å². The maximum atomic E-state index is 12.0. The summed E-state index contributed by atoms with van der Waals surface area (Å²) < 4.78 is 8.07. The predicted molar refractivity (Wildman–Crippen MR) is 142 cm³/mol. The summed E-state index contributed by atoms with van der Waals surface area (Å²) in [7, 11) is 1.91. The van der Waals surface area contributed by atoms with Crippen molar-refractivity contribution in [3.63, 3.8) is 0 Å². The third kappa shape index (κ3) is 4.58. The maximum Gasteiger partial charge on any atom is 0.249 e. The summed E-state index contributed by atoms with van der Waals surface area (Å²) >= 11 is 0. The Labute approximate surface area is 212 Å². The molecule has 2 N–H and O–H groups in total. The van der Waals surface area contributed by atoms with Crippen LogP contribution < -0.4 is 10.5 Å². The minimum Gasteiger partial charge on any atom is -0.478 e. The number of ether oxygens (including phenoxy) is 1. The number of likely N-dealkylation sites (tertiary alicyclic amines) is 1. The number of aryl methyl sites for hydroxylation is 3. The van der Waals surface area contributed by atoms with Crippen LogP contribution in [0.4, 0.5) is 0 Å². The number of aliphatic imine (C=N–C) groups is 1. The van der Waals surface area contributed by atoms with E-state index in [1.807, 2.05) is 31.6 Å². The number of nitrogens with zero attached hydrogens (tertiary/aromatic N) is 4. The molecule has 0 aliphatic carbocycles. The summed E-state index contributed by atoms with van der Waals surface area (Å²) in [6, 6.07) is 14.7. The fourth-order valence-corrected chi connectivity index (χ4v) is 5.71. The van der Waals surface area contributed by atoms with Gasteiger partial charge in [-0.3, -0.25) is 19.4 Å². The first-order valence-electron chi connectivity index (χ1n) is 12.4. The normalized spacial score (nSPS) is 22.0. The highest BCUT2D eigenvalue weighted by Gasteiger charge is 2.44. The molecular formula is C29H33N5O2. The van der Waals surface area contributed by atoms with Crippen LogP contribution in [-0.2, 0) is 17.3 Å². The van der Waals surface area contributed by atoms with E-state index in [9.17, 15) is 4.79 Å². The minimum absolute atomic E-state index is 0.265. The van der Waals surface area contributed by atoms with Crippen LogP contribution in [-0.4, -0.2) is 53.2 Å². The lowest BCUT2D eigenvalue weighted by Crippen LogP contribution is -2.41. The van der Waals surface area contributed by atoms with Crippen LogP contribution >= 0.6 is 0 Å². The first-order chi connectivity index (χ1) is 17.4. The van der Waals surface area contributed by atoms with Crippen LogP contribution in [0.1, 0.15) is 23.1 Å². The molecule has 3 aromatic rings. The number of nitrogens with two attached hydrogens (primary N) is 1. The maximum absolute atomic E-state index is 12.0. The Balaban J connectivity index is 1.32. The second-order valence-corrected chi connectivity index (χ2v) is 10.0. The Morgan fingerprint density at radius 1 is 1.19 bits per heavy atom. The third-order valence-electron chi connectivity index (χ3n) is 7.51. The van der Waals surface area contributed by atoms with Gasteiger partial charge >= 0.3 is 0 Å². The van der Waals surface area contributed by atoms with E-state index < -0.39 is 11.3 Å². The van der Waals surface area contributed by atoms with Gasteiger partial charge in [-0.2, -0.15) is 5.10 Å². The molecule has 5 rings (SSSR count). The molecule has 1 aromatic heterocycles. The number of primary amides is 1. The van der Waals surface area contributed by atoms with E-state index >= 15 is 0 Å². The molecule has 7 nitrogen and oxygen atoms in total. The van der Waals surface area contributed by atoms with Gasteiger partial charge in [-0.05, 0) is 60.6 Å². The molecule has 7 heteroatoms. The largest absolute Gasteiger partial charge is 0.478 e. The first kappa shape index (κ1) is 24.0. The Bertz CT molecular complexity index is 1300. The number of carbonyl (C=O) groups is 1. The van der Waals surface area contributed by atoms with E-state index in [4.69, 9.17) is 10.5 Å². The molecule has 2 aliphatic rings. The van der Waals surface area contributed by atoms with Crippen molar-refractivity contribution in [2.45, 2.75) is 25.7 Å². The van der Waals surface area contributed by atoms with E-state index in [-0.39, 0.29) is 5.92 Å². The lowest BCUT2D eigenvalue weighted by molar-refractivity contribution is -0.114. The quantitative estimate of drug-likeness (QED) is 0.554. The molecule has 186 valence electrons. The molecule has 1 fully saturated rings. The fraction of sp³-hybridized carbons (Fsp3) is 0.345. The van der Waals surface area contributed by atoms with Crippen LogP contribution in [0.2, 0.25) is 0 Å². The average molecular weight is 484 g/mol. The lowest BCUT2D eigenvalue weighted by atomic mass is 9.69. The van der Waals surface area contributed by atoms with Gasteiger partial charge in [0.05, 0.1) is 18.3 Å². The number of benzene rings is 2. The summed E-state index contributed by atoms with van der Waals surface area (Å²) in [6.07, 6.45) is 8.49. The number of hydrogen-bond acceptors (Lipinski definition) is 5. The van der Waals surface area contributed by atoms with Gasteiger partial charge in [-0.15, -0.1) is 0 Å². The number of hydrogen-bond donors (Lipinski definition) is 1. The Morgan fingerprint density at radius 3 is 2.61 bits per heavy atom. The Hall–Kier alpha value is -3.71. The molecule has 0 bridgehead atoms. The van der Waals surface area contributed by atoms with Crippen molar-refractivity contribution >= 4 is 12.1 Å². The van der Waals surface area contributed by atoms with Crippen molar-refractivity contribution in [3.05, 3.63) is 83.2 Å². The number of aromatic nitrogens is 2. The molecule has 2 atom stereocenters. The van der Waals surface area contributed by atoms with Crippen molar-refractivity contribution in [1.82, 2.24) is 14.7 Å². The topological polar surface area (TPSA) is 85.7 Å². The molecule has 0 spiro atoms. The van der Waals surface area contributed by atoms with Crippen LogP contribution in [0.5, 0.6) is 5.75 Å². The standard InChI is InChI=1S/C29H33N5O2/c1-20-11-26(12-21(2)27(20)22-7-5-4-6-8-22)36-19-34-10-9-24(17-34)29(25-15-32-33(3)16-25)13-23(28(30)35)14-31-18-29/h4-8,11-16,24H,9-10,17-19H2,1-3H3,(H2,30,35)/t24-,29+/m1/s1. The zero-order valence-corrected chi connectivity index (χ0v) is 21.1. The van der Waals surface area contributed by atoms with E-state index in [2.05, 4.69) is 65.2 Å². The smallest absolute Gasteiger partial charge is 0.249 e. The molecule has 2 aliphatic heterocycles. The Kier molecular flexibility index (Phi) is 6.49. The van der Waals surface area contributed by atoms with Crippen molar-refractivity contribution < 1.29 is 9.53 Å². The molecule has 2 aromatic carbocycles. The average Bonchev–Trinajstić information content (AvgIpc) is 3.53. The van der Waals surface area contributed by atoms with Crippen molar-refractivity contribution in [2.24, 2.45) is 23.7 Å². The molecule has 0 radical (unpaired) electrons. The van der Waals surface area contributed by atoms with Crippen molar-refractivity contribution in [3.8, 4) is 16.9 Å². The van der Waals surface area contributed by atoms with Crippen LogP contribution in [0.3, 0.4) is 0 Å². The van der Waals surface area contributed by atoms with Gasteiger partial charge in [-0.1, -0.05) is 36.4 Å². The molecular weight excluding hydrogens is 450 g/mol. The fourth-order valence-electron chi connectivity index (χ4n) is 5.71. The van der Waals surface area contributed by atoms with E-state index in [0.717, 1.165) is 30.8 Å². The van der Waals surface area contributed by atoms with Gasteiger partial charge in [0, 0.05) is 43.5 Å². The second kappa shape index (κ2) is 9.74. The first-order valence-corrected chi connectivity index (χ1v) is 12.4. The highest BCUT2D eigenvalue weighted by molar-refractivity contribution is 6.12. The number of dihydropyridines is 1. The minimum atomic E-state index is -0.449. The summed E-state index contributed by atoms with van der Waals surface area (Å²) in [5, 5.41) is 4.40. The third-order valence-corrected chi connectivity index (χ3v) is 7.51. The molecule has 1 saturated heterocycles. The Morgan fingerprint density at radius 2 is 1.94 bits per heavy atom. The number of carbonyl (C=O) groups excluding carboxylic acids is 1. The molecule has 1 amide bonds.